The van der Waals surface area contributed by atoms with Gasteiger partial charge in [-0.15, -0.1) is 0 Å². The Morgan fingerprint density at radius 2 is 2.06 bits per heavy atom. The van der Waals surface area contributed by atoms with Crippen LogP contribution < -0.4 is 4.90 Å². The van der Waals surface area contributed by atoms with Crippen LogP contribution in [0.5, 0.6) is 0 Å². The van der Waals surface area contributed by atoms with Gasteiger partial charge in [-0.25, -0.2) is 0 Å². The van der Waals surface area contributed by atoms with E-state index in [0.29, 0.717) is 13.2 Å². The van der Waals surface area contributed by atoms with E-state index >= 15 is 0 Å². The summed E-state index contributed by atoms with van der Waals surface area (Å²) in [6, 6.07) is 7.72. The van der Waals surface area contributed by atoms with E-state index in [1.807, 2.05) is 31.2 Å². The Morgan fingerprint density at radius 1 is 1.39 bits per heavy atom. The molecule has 1 aromatic rings. The number of benzene rings is 1. The molecule has 0 spiro atoms. The number of hydrogen-bond acceptors (Lipinski definition) is 3. The number of ether oxygens (including phenoxy) is 1. The molecule has 0 radical (unpaired) electrons. The van der Waals surface area contributed by atoms with Crippen LogP contribution in [0.2, 0.25) is 0 Å². The third-order valence-corrected chi connectivity index (χ3v) is 3.09. The molecule has 1 saturated heterocycles. The minimum atomic E-state index is -0.334. The number of anilines is 1. The summed E-state index contributed by atoms with van der Waals surface area (Å²) in [5.74, 6) is -0.629. The Morgan fingerprint density at radius 3 is 2.67 bits per heavy atom. The Kier molecular flexibility index (Phi) is 3.65. The molecule has 0 aromatic heterocycles. The van der Waals surface area contributed by atoms with Crippen LogP contribution in [-0.2, 0) is 14.3 Å². The smallest absolute Gasteiger partial charge is 0.311 e. The molecule has 0 saturated carbocycles. The molecule has 0 bridgehead atoms. The highest BCUT2D eigenvalue weighted by atomic mass is 16.5. The lowest BCUT2D eigenvalue weighted by Crippen LogP contribution is -2.26. The van der Waals surface area contributed by atoms with Gasteiger partial charge in [0.25, 0.3) is 0 Å². The predicted octanol–water partition coefficient (Wildman–Crippen LogP) is 1.91. The van der Waals surface area contributed by atoms with Crippen molar-refractivity contribution in [1.29, 1.82) is 0 Å². The van der Waals surface area contributed by atoms with Gasteiger partial charge in [-0.1, -0.05) is 17.7 Å². The molecule has 1 amide bonds. The number of hydrogen-bond donors (Lipinski definition) is 0. The lowest BCUT2D eigenvalue weighted by molar-refractivity contribution is -0.147. The second-order valence-corrected chi connectivity index (χ2v) is 4.49. The van der Waals surface area contributed by atoms with Gasteiger partial charge in [-0.2, -0.15) is 0 Å². The normalized spacial score (nSPS) is 19.1. The van der Waals surface area contributed by atoms with Gasteiger partial charge in [0, 0.05) is 18.7 Å². The zero-order chi connectivity index (χ0) is 13.1. The minimum absolute atomic E-state index is 0.0168. The van der Waals surface area contributed by atoms with Crippen LogP contribution in [0.25, 0.3) is 0 Å². The van der Waals surface area contributed by atoms with Crippen molar-refractivity contribution in [3.63, 3.8) is 0 Å². The van der Waals surface area contributed by atoms with E-state index in [0.717, 1.165) is 11.3 Å². The van der Waals surface area contributed by atoms with Crippen molar-refractivity contribution in [2.24, 2.45) is 5.92 Å². The number of aryl methyl sites for hydroxylation is 1. The van der Waals surface area contributed by atoms with E-state index in [9.17, 15) is 9.59 Å². The van der Waals surface area contributed by atoms with E-state index in [1.165, 1.54) is 0 Å². The third-order valence-electron chi connectivity index (χ3n) is 3.09. The molecule has 0 aliphatic carbocycles. The molecule has 1 atom stereocenters. The van der Waals surface area contributed by atoms with Crippen LogP contribution in [0.3, 0.4) is 0 Å². The first-order valence-corrected chi connectivity index (χ1v) is 6.15. The number of rotatable bonds is 3. The summed E-state index contributed by atoms with van der Waals surface area (Å²) >= 11 is 0. The van der Waals surface area contributed by atoms with E-state index in [-0.39, 0.29) is 24.2 Å². The van der Waals surface area contributed by atoms with Gasteiger partial charge in [-0.3, -0.25) is 9.59 Å². The van der Waals surface area contributed by atoms with E-state index in [4.69, 9.17) is 4.74 Å². The zero-order valence-electron chi connectivity index (χ0n) is 10.7. The van der Waals surface area contributed by atoms with Gasteiger partial charge in [0.2, 0.25) is 5.91 Å². The SMILES string of the molecule is CCOC(=O)C1CC(=O)N(c2ccc(C)cc2)C1. The maximum Gasteiger partial charge on any atom is 0.311 e. The van der Waals surface area contributed by atoms with Crippen LogP contribution in [0, 0.1) is 12.8 Å². The van der Waals surface area contributed by atoms with E-state index < -0.39 is 0 Å². The second-order valence-electron chi connectivity index (χ2n) is 4.49. The lowest BCUT2D eigenvalue weighted by atomic mass is 10.1. The van der Waals surface area contributed by atoms with Gasteiger partial charge >= 0.3 is 5.97 Å². The summed E-state index contributed by atoms with van der Waals surface area (Å²) in [6.45, 7) is 4.54. The average Bonchev–Trinajstić information content (AvgIpc) is 2.73. The maximum absolute atomic E-state index is 11.9. The standard InChI is InChI=1S/C14H17NO3/c1-3-18-14(17)11-8-13(16)15(9-11)12-6-4-10(2)5-7-12/h4-7,11H,3,8-9H2,1-2H3. The molecular weight excluding hydrogens is 230 g/mol. The van der Waals surface area contributed by atoms with Gasteiger partial charge in [-0.05, 0) is 26.0 Å². The lowest BCUT2D eigenvalue weighted by Gasteiger charge is -2.16. The Labute approximate surface area is 107 Å². The van der Waals surface area contributed by atoms with E-state index in [2.05, 4.69) is 0 Å². The van der Waals surface area contributed by atoms with Crippen molar-refractivity contribution in [2.75, 3.05) is 18.1 Å². The van der Waals surface area contributed by atoms with Crippen molar-refractivity contribution < 1.29 is 14.3 Å². The van der Waals surface area contributed by atoms with Gasteiger partial charge in [0.15, 0.2) is 0 Å². The topological polar surface area (TPSA) is 46.6 Å². The first kappa shape index (κ1) is 12.6. The van der Waals surface area contributed by atoms with Crippen LogP contribution in [0.1, 0.15) is 18.9 Å². The van der Waals surface area contributed by atoms with Crippen LogP contribution >= 0.6 is 0 Å². The molecule has 18 heavy (non-hydrogen) atoms. The molecule has 1 unspecified atom stereocenters. The highest BCUT2D eigenvalue weighted by Crippen LogP contribution is 2.25. The van der Waals surface area contributed by atoms with Crippen LogP contribution in [0.4, 0.5) is 5.69 Å². The first-order chi connectivity index (χ1) is 8.61. The van der Waals surface area contributed by atoms with E-state index in [1.54, 1.807) is 11.8 Å². The fraction of sp³-hybridized carbons (Fsp3) is 0.429. The summed E-state index contributed by atoms with van der Waals surface area (Å²) in [4.78, 5) is 25.2. The summed E-state index contributed by atoms with van der Waals surface area (Å²) in [5, 5.41) is 0. The van der Waals surface area contributed by atoms with Crippen molar-refractivity contribution in [3.8, 4) is 0 Å². The molecule has 4 heteroatoms. The summed E-state index contributed by atoms with van der Waals surface area (Å²) < 4.78 is 4.96. The minimum Gasteiger partial charge on any atom is -0.466 e. The van der Waals surface area contributed by atoms with Gasteiger partial charge in [0.05, 0.1) is 12.5 Å². The van der Waals surface area contributed by atoms with Gasteiger partial charge < -0.3 is 9.64 Å². The summed E-state index contributed by atoms with van der Waals surface area (Å²) in [5.41, 5.74) is 1.99. The highest BCUT2D eigenvalue weighted by Gasteiger charge is 2.35. The fourth-order valence-corrected chi connectivity index (χ4v) is 2.10. The second kappa shape index (κ2) is 5.21. The van der Waals surface area contributed by atoms with Crippen molar-refractivity contribution >= 4 is 17.6 Å². The van der Waals surface area contributed by atoms with Crippen molar-refractivity contribution in [2.45, 2.75) is 20.3 Å². The Balaban J connectivity index is 2.10. The summed E-state index contributed by atoms with van der Waals surface area (Å²) in [6.07, 6.45) is 0.243. The molecule has 1 aromatic carbocycles. The Bertz CT molecular complexity index is 453. The van der Waals surface area contributed by atoms with Crippen LogP contribution in [0.15, 0.2) is 24.3 Å². The molecule has 1 aliphatic heterocycles. The molecule has 1 fully saturated rings. The van der Waals surface area contributed by atoms with Crippen molar-refractivity contribution in [1.82, 2.24) is 0 Å². The predicted molar refractivity (Wildman–Crippen MR) is 68.3 cm³/mol. The molecule has 96 valence electrons. The largest absolute Gasteiger partial charge is 0.466 e. The zero-order valence-corrected chi connectivity index (χ0v) is 10.7. The fourth-order valence-electron chi connectivity index (χ4n) is 2.10. The van der Waals surface area contributed by atoms with Crippen molar-refractivity contribution in [3.05, 3.63) is 29.8 Å². The third kappa shape index (κ3) is 2.53. The number of esters is 1. The molecule has 1 aliphatic rings. The molecular formula is C14H17NO3. The number of amides is 1. The molecule has 1 heterocycles. The molecule has 2 rings (SSSR count). The highest BCUT2D eigenvalue weighted by molar-refractivity contribution is 5.99. The monoisotopic (exact) mass is 247 g/mol. The number of carbonyl (C=O) groups is 2. The number of carbonyl (C=O) groups excluding carboxylic acids is 2. The molecule has 4 nitrogen and oxygen atoms in total. The Hall–Kier alpha value is -1.84. The first-order valence-electron chi connectivity index (χ1n) is 6.15. The average molecular weight is 247 g/mol. The van der Waals surface area contributed by atoms with Crippen LogP contribution in [-0.4, -0.2) is 25.0 Å². The van der Waals surface area contributed by atoms with Gasteiger partial charge in [0.1, 0.15) is 0 Å². The summed E-state index contributed by atoms with van der Waals surface area (Å²) in [7, 11) is 0. The quantitative estimate of drug-likeness (QED) is 0.766. The molecule has 0 N–H and O–H groups in total. The number of nitrogens with zero attached hydrogens (tertiary/aromatic N) is 1. The maximum atomic E-state index is 11.9.